The number of ether oxygens (including phenoxy) is 1. The summed E-state index contributed by atoms with van der Waals surface area (Å²) in [5, 5.41) is 1.16. The molecule has 5 nitrogen and oxygen atoms in total. The van der Waals surface area contributed by atoms with Crippen molar-refractivity contribution in [2.75, 3.05) is 26.3 Å². The van der Waals surface area contributed by atoms with Crippen molar-refractivity contribution in [3.63, 3.8) is 0 Å². The summed E-state index contributed by atoms with van der Waals surface area (Å²) in [6.07, 6.45) is 6.57. The molecular formula is C19H23N3O2. The number of furan rings is 1. The van der Waals surface area contributed by atoms with E-state index in [2.05, 4.69) is 32.7 Å². The topological polar surface area (TPSA) is 43.4 Å². The first-order valence-electron chi connectivity index (χ1n) is 8.49. The summed E-state index contributed by atoms with van der Waals surface area (Å²) in [4.78, 5) is 6.69. The average molecular weight is 325 g/mol. The Morgan fingerprint density at radius 2 is 2.25 bits per heavy atom. The van der Waals surface area contributed by atoms with Crippen molar-refractivity contribution in [2.24, 2.45) is 13.0 Å². The number of benzene rings is 1. The number of aryl methyl sites for hydroxylation is 1. The molecule has 1 saturated heterocycles. The normalized spacial score (nSPS) is 19.6. The molecule has 24 heavy (non-hydrogen) atoms. The van der Waals surface area contributed by atoms with Gasteiger partial charge in [0.25, 0.3) is 0 Å². The predicted octanol–water partition coefficient (Wildman–Crippen LogP) is 2.86. The van der Waals surface area contributed by atoms with E-state index in [9.17, 15) is 0 Å². The fourth-order valence-corrected chi connectivity index (χ4v) is 3.45. The van der Waals surface area contributed by atoms with Crippen LogP contribution in [0.2, 0.25) is 0 Å². The van der Waals surface area contributed by atoms with Gasteiger partial charge in [-0.05, 0) is 30.0 Å². The molecule has 5 heteroatoms. The first-order chi connectivity index (χ1) is 11.8. The smallest absolute Gasteiger partial charge is 0.134 e. The molecule has 1 aromatic carbocycles. The van der Waals surface area contributed by atoms with Gasteiger partial charge in [0.2, 0.25) is 0 Å². The average Bonchev–Trinajstić information content (AvgIpc) is 3.13. The molecule has 0 aliphatic carbocycles. The number of imidazole rings is 1. The summed E-state index contributed by atoms with van der Waals surface area (Å²) < 4.78 is 13.5. The van der Waals surface area contributed by atoms with Crippen LogP contribution in [0, 0.1) is 5.92 Å². The van der Waals surface area contributed by atoms with Crippen LogP contribution in [0.4, 0.5) is 0 Å². The molecule has 0 amide bonds. The van der Waals surface area contributed by atoms with E-state index >= 15 is 0 Å². The van der Waals surface area contributed by atoms with Crippen molar-refractivity contribution in [1.82, 2.24) is 14.5 Å². The molecule has 1 aliphatic heterocycles. The van der Waals surface area contributed by atoms with Gasteiger partial charge in [-0.1, -0.05) is 12.1 Å². The highest BCUT2D eigenvalue weighted by Crippen LogP contribution is 2.21. The van der Waals surface area contributed by atoms with Crippen LogP contribution in [0.1, 0.15) is 11.3 Å². The molecule has 0 N–H and O–H groups in total. The van der Waals surface area contributed by atoms with Crippen LogP contribution < -0.4 is 0 Å². The third-order valence-electron chi connectivity index (χ3n) is 4.77. The summed E-state index contributed by atoms with van der Waals surface area (Å²) in [5.41, 5.74) is 3.52. The van der Waals surface area contributed by atoms with Crippen molar-refractivity contribution in [3.8, 4) is 0 Å². The molecule has 2 aromatic heterocycles. The van der Waals surface area contributed by atoms with Crippen LogP contribution in [0.5, 0.6) is 0 Å². The van der Waals surface area contributed by atoms with Crippen LogP contribution in [0.3, 0.4) is 0 Å². The van der Waals surface area contributed by atoms with Crippen molar-refractivity contribution in [1.29, 1.82) is 0 Å². The second kappa shape index (κ2) is 6.79. The van der Waals surface area contributed by atoms with Gasteiger partial charge in [0.05, 0.1) is 31.5 Å². The Morgan fingerprint density at radius 3 is 3.12 bits per heavy atom. The zero-order valence-electron chi connectivity index (χ0n) is 14.0. The van der Waals surface area contributed by atoms with E-state index in [0.717, 1.165) is 50.2 Å². The summed E-state index contributed by atoms with van der Waals surface area (Å²) >= 11 is 0. The molecular weight excluding hydrogens is 302 g/mol. The molecule has 126 valence electrons. The van der Waals surface area contributed by atoms with Crippen LogP contribution in [-0.4, -0.2) is 40.8 Å². The Bertz CT molecular complexity index is 808. The molecule has 1 fully saturated rings. The molecule has 0 bridgehead atoms. The van der Waals surface area contributed by atoms with Gasteiger partial charge in [0.1, 0.15) is 5.58 Å². The predicted molar refractivity (Wildman–Crippen MR) is 92.7 cm³/mol. The minimum atomic E-state index is 0.494. The fraction of sp³-hybridized carbons (Fsp3) is 0.421. The quantitative estimate of drug-likeness (QED) is 0.740. The lowest BCUT2D eigenvalue weighted by atomic mass is 9.99. The van der Waals surface area contributed by atoms with Crippen molar-refractivity contribution in [3.05, 3.63) is 54.3 Å². The molecule has 0 radical (unpaired) electrons. The van der Waals surface area contributed by atoms with Crippen LogP contribution in [-0.2, 0) is 24.8 Å². The zero-order valence-corrected chi connectivity index (χ0v) is 14.0. The van der Waals surface area contributed by atoms with Gasteiger partial charge >= 0.3 is 0 Å². The molecule has 0 saturated carbocycles. The van der Waals surface area contributed by atoms with Crippen LogP contribution in [0.25, 0.3) is 11.0 Å². The Kier molecular flexibility index (Phi) is 4.36. The Balaban J connectivity index is 1.44. The monoisotopic (exact) mass is 325 g/mol. The van der Waals surface area contributed by atoms with E-state index < -0.39 is 0 Å². The first kappa shape index (κ1) is 15.4. The number of nitrogens with zero attached hydrogens (tertiary/aromatic N) is 3. The summed E-state index contributed by atoms with van der Waals surface area (Å²) in [6, 6.07) is 8.50. The number of hydrogen-bond acceptors (Lipinski definition) is 4. The van der Waals surface area contributed by atoms with Gasteiger partial charge in [-0.15, -0.1) is 0 Å². The standard InChI is InChI=1S/C19H23N3O2/c1-21-14-20-10-18(21)12-22-5-7-23-13-16(11-22)8-15-2-3-17-4-6-24-19(17)9-15/h2-4,6,9-10,14,16H,5,7-8,11-13H2,1H3/t16-/m1/s1. The minimum absolute atomic E-state index is 0.494. The molecule has 1 aliphatic rings. The fourth-order valence-electron chi connectivity index (χ4n) is 3.45. The van der Waals surface area contributed by atoms with Gasteiger partial charge in [0.15, 0.2) is 0 Å². The SMILES string of the molecule is Cn1cncc1CN1CCOC[C@H](Cc2ccc3ccoc3c2)C1. The van der Waals surface area contributed by atoms with E-state index in [1.54, 1.807) is 6.26 Å². The second-order valence-corrected chi connectivity index (χ2v) is 6.67. The van der Waals surface area contributed by atoms with E-state index in [1.807, 2.05) is 25.6 Å². The molecule has 3 heterocycles. The number of rotatable bonds is 4. The number of fused-ring (bicyclic) bond motifs is 1. The van der Waals surface area contributed by atoms with Gasteiger partial charge in [-0.25, -0.2) is 4.98 Å². The third kappa shape index (κ3) is 3.37. The molecule has 1 atom stereocenters. The Morgan fingerprint density at radius 1 is 1.29 bits per heavy atom. The van der Waals surface area contributed by atoms with E-state index in [4.69, 9.17) is 9.15 Å². The van der Waals surface area contributed by atoms with E-state index in [-0.39, 0.29) is 0 Å². The van der Waals surface area contributed by atoms with Crippen molar-refractivity contribution >= 4 is 11.0 Å². The van der Waals surface area contributed by atoms with Gasteiger partial charge in [-0.3, -0.25) is 4.90 Å². The maximum Gasteiger partial charge on any atom is 0.134 e. The first-order valence-corrected chi connectivity index (χ1v) is 8.49. The lowest BCUT2D eigenvalue weighted by molar-refractivity contribution is 0.121. The second-order valence-electron chi connectivity index (χ2n) is 6.67. The Hall–Kier alpha value is -2.11. The van der Waals surface area contributed by atoms with Crippen molar-refractivity contribution < 1.29 is 9.15 Å². The summed E-state index contributed by atoms with van der Waals surface area (Å²) in [5.74, 6) is 0.494. The number of hydrogen-bond donors (Lipinski definition) is 0. The lowest BCUT2D eigenvalue weighted by Gasteiger charge is -2.23. The van der Waals surface area contributed by atoms with Crippen LogP contribution >= 0.6 is 0 Å². The largest absolute Gasteiger partial charge is 0.464 e. The minimum Gasteiger partial charge on any atom is -0.464 e. The maximum absolute atomic E-state index is 5.84. The highest BCUT2D eigenvalue weighted by atomic mass is 16.5. The molecule has 0 spiro atoms. The zero-order chi connectivity index (χ0) is 16.4. The third-order valence-corrected chi connectivity index (χ3v) is 4.77. The van der Waals surface area contributed by atoms with Gasteiger partial charge in [0, 0.05) is 38.3 Å². The summed E-state index contributed by atoms with van der Waals surface area (Å²) in [7, 11) is 2.05. The maximum atomic E-state index is 5.84. The lowest BCUT2D eigenvalue weighted by Crippen LogP contribution is -2.31. The highest BCUT2D eigenvalue weighted by Gasteiger charge is 2.20. The molecule has 4 rings (SSSR count). The van der Waals surface area contributed by atoms with Gasteiger partial charge in [-0.2, -0.15) is 0 Å². The van der Waals surface area contributed by atoms with Crippen molar-refractivity contribution in [2.45, 2.75) is 13.0 Å². The van der Waals surface area contributed by atoms with E-state index in [0.29, 0.717) is 5.92 Å². The highest BCUT2D eigenvalue weighted by molar-refractivity contribution is 5.77. The summed E-state index contributed by atoms with van der Waals surface area (Å²) in [6.45, 7) is 4.55. The van der Waals surface area contributed by atoms with E-state index in [1.165, 1.54) is 11.3 Å². The van der Waals surface area contributed by atoms with Gasteiger partial charge < -0.3 is 13.7 Å². The molecule has 0 unspecified atom stereocenters. The molecule has 3 aromatic rings. The Labute approximate surface area is 141 Å². The van der Waals surface area contributed by atoms with Crippen LogP contribution in [0.15, 0.2) is 47.5 Å². The number of aromatic nitrogens is 2.